The van der Waals surface area contributed by atoms with E-state index in [1.54, 1.807) is 0 Å². The molecule has 1 saturated carbocycles. The van der Waals surface area contributed by atoms with Gasteiger partial charge in [-0.2, -0.15) is 0 Å². The molecule has 1 aliphatic carbocycles. The SMILES string of the molecule is O=C1OC(CCN2CCCc3ccccc32)CC12CCCCC2. The molecule has 0 bridgehead atoms. The maximum absolute atomic E-state index is 12.4. The summed E-state index contributed by atoms with van der Waals surface area (Å²) in [5.41, 5.74) is 2.73. The van der Waals surface area contributed by atoms with Crippen LogP contribution < -0.4 is 4.90 Å². The minimum Gasteiger partial charge on any atom is -0.462 e. The predicted octanol–water partition coefficient (Wildman–Crippen LogP) is 4.10. The fourth-order valence-electron chi connectivity index (χ4n) is 4.78. The molecule has 0 aromatic heterocycles. The van der Waals surface area contributed by atoms with Gasteiger partial charge in [0.2, 0.25) is 0 Å². The van der Waals surface area contributed by atoms with Gasteiger partial charge in [0.05, 0.1) is 5.41 Å². The number of fused-ring (bicyclic) bond motifs is 1. The van der Waals surface area contributed by atoms with E-state index in [4.69, 9.17) is 4.74 Å². The van der Waals surface area contributed by atoms with Crippen molar-refractivity contribution in [2.75, 3.05) is 18.0 Å². The number of esters is 1. The Labute approximate surface area is 139 Å². The molecule has 124 valence electrons. The number of carbonyl (C=O) groups is 1. The molecule has 1 spiro atoms. The van der Waals surface area contributed by atoms with Gasteiger partial charge in [-0.05, 0) is 37.3 Å². The summed E-state index contributed by atoms with van der Waals surface area (Å²) < 4.78 is 5.77. The highest BCUT2D eigenvalue weighted by molar-refractivity contribution is 5.79. The number of cyclic esters (lactones) is 1. The minimum absolute atomic E-state index is 0.0984. The zero-order chi connectivity index (χ0) is 15.7. The Bertz CT molecular complexity index is 577. The highest BCUT2D eigenvalue weighted by Crippen LogP contribution is 2.46. The van der Waals surface area contributed by atoms with Crippen molar-refractivity contribution in [2.45, 2.75) is 63.9 Å². The maximum atomic E-state index is 12.4. The molecule has 2 aliphatic heterocycles. The smallest absolute Gasteiger partial charge is 0.312 e. The second kappa shape index (κ2) is 6.18. The van der Waals surface area contributed by atoms with Gasteiger partial charge in [0.1, 0.15) is 6.10 Å². The number of carbonyl (C=O) groups excluding carboxylic acids is 1. The van der Waals surface area contributed by atoms with Crippen molar-refractivity contribution >= 4 is 11.7 Å². The van der Waals surface area contributed by atoms with E-state index >= 15 is 0 Å². The van der Waals surface area contributed by atoms with Gasteiger partial charge >= 0.3 is 5.97 Å². The molecule has 0 amide bonds. The van der Waals surface area contributed by atoms with E-state index in [2.05, 4.69) is 29.2 Å². The van der Waals surface area contributed by atoms with E-state index in [0.717, 1.165) is 38.8 Å². The molecular formula is C20H27NO2. The van der Waals surface area contributed by atoms with E-state index in [1.165, 1.54) is 43.4 Å². The van der Waals surface area contributed by atoms with Crippen LogP contribution in [0.25, 0.3) is 0 Å². The molecule has 3 heteroatoms. The molecule has 0 N–H and O–H groups in total. The number of anilines is 1. The van der Waals surface area contributed by atoms with Crippen LogP contribution in [-0.4, -0.2) is 25.2 Å². The number of aryl methyl sites for hydroxylation is 1. The average Bonchev–Trinajstić information content (AvgIpc) is 2.89. The van der Waals surface area contributed by atoms with Gasteiger partial charge in [-0.15, -0.1) is 0 Å². The highest BCUT2D eigenvalue weighted by atomic mass is 16.6. The Morgan fingerprint density at radius 2 is 1.96 bits per heavy atom. The molecule has 3 aliphatic rings. The van der Waals surface area contributed by atoms with Crippen molar-refractivity contribution in [3.05, 3.63) is 29.8 Å². The Morgan fingerprint density at radius 3 is 2.83 bits per heavy atom. The summed E-state index contributed by atoms with van der Waals surface area (Å²) in [5.74, 6) is 0.0984. The van der Waals surface area contributed by atoms with Crippen LogP contribution in [0.1, 0.15) is 56.9 Å². The van der Waals surface area contributed by atoms with E-state index in [0.29, 0.717) is 0 Å². The standard InChI is InChI=1S/C20H27NO2/c22-19-20(11-4-1-5-12-20)15-17(23-19)10-14-21-13-6-8-16-7-2-3-9-18(16)21/h2-3,7,9,17H,1,4-6,8,10-15H2. The topological polar surface area (TPSA) is 29.5 Å². The lowest BCUT2D eigenvalue weighted by Crippen LogP contribution is -2.32. The molecule has 3 nitrogen and oxygen atoms in total. The van der Waals surface area contributed by atoms with Crippen LogP contribution in [0.3, 0.4) is 0 Å². The Morgan fingerprint density at radius 1 is 1.13 bits per heavy atom. The molecule has 0 radical (unpaired) electrons. The number of ether oxygens (including phenoxy) is 1. The normalized spacial score (nSPS) is 26.2. The van der Waals surface area contributed by atoms with Crippen molar-refractivity contribution < 1.29 is 9.53 Å². The largest absolute Gasteiger partial charge is 0.462 e. The predicted molar refractivity (Wildman–Crippen MR) is 91.6 cm³/mol. The second-order valence-electron chi connectivity index (χ2n) is 7.58. The van der Waals surface area contributed by atoms with Gasteiger partial charge < -0.3 is 9.64 Å². The lowest BCUT2D eigenvalue weighted by atomic mass is 9.72. The summed E-state index contributed by atoms with van der Waals surface area (Å²) in [6, 6.07) is 8.74. The van der Waals surface area contributed by atoms with E-state index in [-0.39, 0.29) is 17.5 Å². The van der Waals surface area contributed by atoms with E-state index < -0.39 is 0 Å². The Kier molecular flexibility index (Phi) is 4.04. The second-order valence-corrected chi connectivity index (χ2v) is 7.58. The number of rotatable bonds is 3. The van der Waals surface area contributed by atoms with Crippen LogP contribution in [-0.2, 0) is 16.0 Å². The third-order valence-electron chi connectivity index (χ3n) is 6.06. The van der Waals surface area contributed by atoms with Crippen LogP contribution in [0.5, 0.6) is 0 Å². The molecule has 1 aromatic rings. The van der Waals surface area contributed by atoms with Crippen LogP contribution in [0, 0.1) is 5.41 Å². The monoisotopic (exact) mass is 313 g/mol. The molecule has 1 atom stereocenters. The first-order chi connectivity index (χ1) is 11.3. The van der Waals surface area contributed by atoms with Gasteiger partial charge in [-0.25, -0.2) is 0 Å². The molecule has 2 heterocycles. The van der Waals surface area contributed by atoms with Crippen molar-refractivity contribution in [1.29, 1.82) is 0 Å². The molecule has 4 rings (SSSR count). The third kappa shape index (κ3) is 2.86. The van der Waals surface area contributed by atoms with Crippen molar-refractivity contribution in [3.63, 3.8) is 0 Å². The quantitative estimate of drug-likeness (QED) is 0.787. The van der Waals surface area contributed by atoms with Gasteiger partial charge in [0, 0.05) is 31.6 Å². The number of benzene rings is 1. The zero-order valence-electron chi connectivity index (χ0n) is 13.9. The summed E-state index contributed by atoms with van der Waals surface area (Å²) in [4.78, 5) is 14.9. The van der Waals surface area contributed by atoms with Gasteiger partial charge in [0.15, 0.2) is 0 Å². The van der Waals surface area contributed by atoms with Crippen LogP contribution >= 0.6 is 0 Å². The maximum Gasteiger partial charge on any atom is 0.312 e. The lowest BCUT2D eigenvalue weighted by Gasteiger charge is -2.32. The number of para-hydroxylation sites is 1. The first-order valence-corrected chi connectivity index (χ1v) is 9.31. The minimum atomic E-state index is -0.122. The fourth-order valence-corrected chi connectivity index (χ4v) is 4.78. The zero-order valence-corrected chi connectivity index (χ0v) is 13.9. The Hall–Kier alpha value is -1.51. The van der Waals surface area contributed by atoms with Gasteiger partial charge in [-0.3, -0.25) is 4.79 Å². The van der Waals surface area contributed by atoms with Crippen LogP contribution in [0.15, 0.2) is 24.3 Å². The first kappa shape index (κ1) is 15.0. The molecule has 2 fully saturated rings. The number of hydrogen-bond acceptors (Lipinski definition) is 3. The third-order valence-corrected chi connectivity index (χ3v) is 6.06. The van der Waals surface area contributed by atoms with E-state index in [1.807, 2.05) is 0 Å². The lowest BCUT2D eigenvalue weighted by molar-refractivity contribution is -0.150. The summed E-state index contributed by atoms with van der Waals surface area (Å²) in [5, 5.41) is 0. The average molecular weight is 313 g/mol. The Balaban J connectivity index is 1.38. The molecule has 23 heavy (non-hydrogen) atoms. The molecular weight excluding hydrogens is 286 g/mol. The van der Waals surface area contributed by atoms with Gasteiger partial charge in [0.25, 0.3) is 0 Å². The van der Waals surface area contributed by atoms with Crippen LogP contribution in [0.4, 0.5) is 5.69 Å². The number of hydrogen-bond donors (Lipinski definition) is 0. The van der Waals surface area contributed by atoms with Crippen molar-refractivity contribution in [3.8, 4) is 0 Å². The summed E-state index contributed by atoms with van der Waals surface area (Å²) in [6.45, 7) is 2.13. The summed E-state index contributed by atoms with van der Waals surface area (Å²) in [6.07, 6.45) is 10.3. The van der Waals surface area contributed by atoms with E-state index in [9.17, 15) is 4.79 Å². The number of nitrogens with zero attached hydrogens (tertiary/aromatic N) is 1. The van der Waals surface area contributed by atoms with Crippen LogP contribution in [0.2, 0.25) is 0 Å². The summed E-state index contributed by atoms with van der Waals surface area (Å²) >= 11 is 0. The summed E-state index contributed by atoms with van der Waals surface area (Å²) in [7, 11) is 0. The molecule has 1 unspecified atom stereocenters. The molecule has 1 saturated heterocycles. The van der Waals surface area contributed by atoms with Crippen molar-refractivity contribution in [1.82, 2.24) is 0 Å². The highest BCUT2D eigenvalue weighted by Gasteiger charge is 2.48. The van der Waals surface area contributed by atoms with Gasteiger partial charge in [-0.1, -0.05) is 37.5 Å². The fraction of sp³-hybridized carbons (Fsp3) is 0.650. The first-order valence-electron chi connectivity index (χ1n) is 9.31. The molecule has 1 aromatic carbocycles. The van der Waals surface area contributed by atoms with Crippen molar-refractivity contribution in [2.24, 2.45) is 5.41 Å².